The average Bonchev–Trinajstić information content (AvgIpc) is 3.08. The Hall–Kier alpha value is -2.82. The second-order valence-corrected chi connectivity index (χ2v) is 6.64. The molecular formula is C21H25N3O2. The zero-order valence-corrected chi connectivity index (χ0v) is 15.1. The topological polar surface area (TPSA) is 61.4 Å². The van der Waals surface area contributed by atoms with Crippen LogP contribution in [0.2, 0.25) is 0 Å². The van der Waals surface area contributed by atoms with Crippen molar-refractivity contribution in [3.8, 4) is 0 Å². The van der Waals surface area contributed by atoms with E-state index in [1.807, 2.05) is 36.4 Å². The van der Waals surface area contributed by atoms with Crippen LogP contribution in [0.5, 0.6) is 0 Å². The highest BCUT2D eigenvalue weighted by molar-refractivity contribution is 5.92. The molecule has 3 amide bonds. The molecule has 0 atom stereocenters. The van der Waals surface area contributed by atoms with Crippen LogP contribution in [-0.2, 0) is 17.9 Å². The minimum absolute atomic E-state index is 0.0325. The molecule has 5 nitrogen and oxygen atoms in total. The number of nitrogens with one attached hydrogen (secondary N) is 2. The number of anilines is 2. The van der Waals surface area contributed by atoms with Crippen LogP contribution in [0.15, 0.2) is 48.5 Å². The van der Waals surface area contributed by atoms with Gasteiger partial charge in [0.2, 0.25) is 5.91 Å². The van der Waals surface area contributed by atoms with Crippen molar-refractivity contribution in [2.75, 3.05) is 10.6 Å². The number of unbranched alkanes of at least 4 members (excludes halogenated alkanes) is 2. The maximum absolute atomic E-state index is 12.4. The molecule has 1 heterocycles. The van der Waals surface area contributed by atoms with Gasteiger partial charge in [0, 0.05) is 30.9 Å². The molecular weight excluding hydrogens is 326 g/mol. The lowest BCUT2D eigenvalue weighted by molar-refractivity contribution is -0.116. The first-order chi connectivity index (χ1) is 12.7. The van der Waals surface area contributed by atoms with Gasteiger partial charge < -0.3 is 15.5 Å². The highest BCUT2D eigenvalue weighted by Crippen LogP contribution is 2.23. The molecule has 0 bridgehead atoms. The molecule has 5 heteroatoms. The normalized spacial score (nSPS) is 12.6. The standard InChI is InChI=1S/C21H25N3O2/c1-2-3-4-9-20(25)22-18-10-12-19(13-11-18)23-21(26)24-14-16-7-5-6-8-17(16)15-24/h5-8,10-13H,2-4,9,14-15H2,1H3,(H,22,25)(H,23,26). The minimum Gasteiger partial charge on any atom is -0.326 e. The monoisotopic (exact) mass is 351 g/mol. The zero-order valence-electron chi connectivity index (χ0n) is 15.1. The summed E-state index contributed by atoms with van der Waals surface area (Å²) in [6, 6.07) is 15.2. The van der Waals surface area contributed by atoms with Crippen molar-refractivity contribution < 1.29 is 9.59 Å². The predicted octanol–water partition coefficient (Wildman–Crippen LogP) is 4.75. The van der Waals surface area contributed by atoms with Gasteiger partial charge in [-0.15, -0.1) is 0 Å². The molecule has 3 rings (SSSR count). The third-order valence-electron chi connectivity index (χ3n) is 4.56. The fourth-order valence-electron chi connectivity index (χ4n) is 3.08. The molecule has 0 spiro atoms. The van der Waals surface area contributed by atoms with Gasteiger partial charge in [-0.05, 0) is 41.8 Å². The van der Waals surface area contributed by atoms with Crippen molar-refractivity contribution in [2.45, 2.75) is 45.7 Å². The summed E-state index contributed by atoms with van der Waals surface area (Å²) in [5.74, 6) is 0.0325. The number of benzene rings is 2. The van der Waals surface area contributed by atoms with Crippen molar-refractivity contribution in [1.29, 1.82) is 0 Å². The number of hydrogen-bond donors (Lipinski definition) is 2. The van der Waals surface area contributed by atoms with Gasteiger partial charge in [0.05, 0.1) is 0 Å². The third kappa shape index (κ3) is 4.63. The number of carbonyl (C=O) groups is 2. The summed E-state index contributed by atoms with van der Waals surface area (Å²) >= 11 is 0. The van der Waals surface area contributed by atoms with Crippen LogP contribution >= 0.6 is 0 Å². The summed E-state index contributed by atoms with van der Waals surface area (Å²) in [5, 5.41) is 5.80. The Balaban J connectivity index is 1.50. The molecule has 136 valence electrons. The van der Waals surface area contributed by atoms with E-state index in [4.69, 9.17) is 0 Å². The molecule has 2 aromatic rings. The fourth-order valence-corrected chi connectivity index (χ4v) is 3.08. The van der Waals surface area contributed by atoms with E-state index in [2.05, 4.69) is 29.7 Å². The fraction of sp³-hybridized carbons (Fsp3) is 0.333. The molecule has 1 aliphatic rings. The third-order valence-corrected chi connectivity index (χ3v) is 4.56. The average molecular weight is 351 g/mol. The van der Waals surface area contributed by atoms with E-state index in [9.17, 15) is 9.59 Å². The Kier molecular flexibility index (Phi) is 5.89. The van der Waals surface area contributed by atoms with Gasteiger partial charge in [-0.2, -0.15) is 0 Å². The van der Waals surface area contributed by atoms with E-state index < -0.39 is 0 Å². The Morgan fingerprint density at radius 3 is 2.04 bits per heavy atom. The van der Waals surface area contributed by atoms with Crippen molar-refractivity contribution in [3.05, 3.63) is 59.7 Å². The van der Waals surface area contributed by atoms with Gasteiger partial charge >= 0.3 is 6.03 Å². The number of fused-ring (bicyclic) bond motifs is 1. The largest absolute Gasteiger partial charge is 0.326 e. The van der Waals surface area contributed by atoms with Gasteiger partial charge in [-0.25, -0.2) is 4.79 Å². The van der Waals surface area contributed by atoms with Crippen molar-refractivity contribution >= 4 is 23.3 Å². The maximum Gasteiger partial charge on any atom is 0.322 e. The molecule has 0 saturated heterocycles. The van der Waals surface area contributed by atoms with Crippen LogP contribution in [0, 0.1) is 0 Å². The van der Waals surface area contributed by atoms with Crippen LogP contribution in [-0.4, -0.2) is 16.8 Å². The van der Waals surface area contributed by atoms with Crippen molar-refractivity contribution in [3.63, 3.8) is 0 Å². The molecule has 0 unspecified atom stereocenters. The first kappa shape index (κ1) is 18.0. The molecule has 2 N–H and O–H groups in total. The highest BCUT2D eigenvalue weighted by atomic mass is 16.2. The quantitative estimate of drug-likeness (QED) is 0.738. The van der Waals surface area contributed by atoms with Crippen LogP contribution in [0.1, 0.15) is 43.7 Å². The molecule has 0 saturated carbocycles. The first-order valence-corrected chi connectivity index (χ1v) is 9.18. The first-order valence-electron chi connectivity index (χ1n) is 9.18. The Bertz CT molecular complexity index is 746. The van der Waals surface area contributed by atoms with Gasteiger partial charge in [0.15, 0.2) is 0 Å². The summed E-state index contributed by atoms with van der Waals surface area (Å²) in [5.41, 5.74) is 3.86. The molecule has 0 fully saturated rings. The van der Waals surface area contributed by atoms with E-state index >= 15 is 0 Å². The van der Waals surface area contributed by atoms with E-state index in [0.717, 1.165) is 30.6 Å². The maximum atomic E-state index is 12.4. The molecule has 0 aliphatic carbocycles. The molecule has 26 heavy (non-hydrogen) atoms. The molecule has 0 aromatic heterocycles. The van der Waals surface area contributed by atoms with Crippen LogP contribution in [0.4, 0.5) is 16.2 Å². The minimum atomic E-state index is -0.113. The Morgan fingerprint density at radius 1 is 0.885 bits per heavy atom. The van der Waals surface area contributed by atoms with Gasteiger partial charge in [-0.3, -0.25) is 4.79 Å². The molecule has 2 aromatic carbocycles. The highest BCUT2D eigenvalue weighted by Gasteiger charge is 2.22. The van der Waals surface area contributed by atoms with Crippen molar-refractivity contribution in [2.24, 2.45) is 0 Å². The van der Waals surface area contributed by atoms with E-state index in [-0.39, 0.29) is 11.9 Å². The van der Waals surface area contributed by atoms with Gasteiger partial charge in [-0.1, -0.05) is 44.0 Å². The van der Waals surface area contributed by atoms with E-state index in [0.29, 0.717) is 19.5 Å². The second kappa shape index (κ2) is 8.52. The summed E-state index contributed by atoms with van der Waals surface area (Å²) in [7, 11) is 0. The molecule has 0 radical (unpaired) electrons. The summed E-state index contributed by atoms with van der Waals surface area (Å²) in [6.07, 6.45) is 3.62. The van der Waals surface area contributed by atoms with E-state index in [1.165, 1.54) is 11.1 Å². The molecule has 1 aliphatic heterocycles. The Labute approximate surface area is 154 Å². The summed E-state index contributed by atoms with van der Waals surface area (Å²) < 4.78 is 0. The number of urea groups is 1. The van der Waals surface area contributed by atoms with Crippen LogP contribution < -0.4 is 10.6 Å². The van der Waals surface area contributed by atoms with Crippen LogP contribution in [0.3, 0.4) is 0 Å². The van der Waals surface area contributed by atoms with Gasteiger partial charge in [0.1, 0.15) is 0 Å². The predicted molar refractivity (Wildman–Crippen MR) is 104 cm³/mol. The van der Waals surface area contributed by atoms with Gasteiger partial charge in [0.25, 0.3) is 0 Å². The number of amides is 3. The summed E-state index contributed by atoms with van der Waals surface area (Å²) in [4.78, 5) is 26.1. The van der Waals surface area contributed by atoms with Crippen molar-refractivity contribution in [1.82, 2.24) is 4.90 Å². The smallest absolute Gasteiger partial charge is 0.322 e. The Morgan fingerprint density at radius 2 is 1.46 bits per heavy atom. The second-order valence-electron chi connectivity index (χ2n) is 6.64. The lowest BCUT2D eigenvalue weighted by Gasteiger charge is -2.16. The number of carbonyl (C=O) groups excluding carboxylic acids is 2. The van der Waals surface area contributed by atoms with E-state index in [1.54, 1.807) is 4.90 Å². The number of rotatable bonds is 6. The lowest BCUT2D eigenvalue weighted by Crippen LogP contribution is -2.30. The number of hydrogen-bond acceptors (Lipinski definition) is 2. The van der Waals surface area contributed by atoms with Crippen LogP contribution in [0.25, 0.3) is 0 Å². The zero-order chi connectivity index (χ0) is 18.4. The SMILES string of the molecule is CCCCCC(=O)Nc1ccc(NC(=O)N2Cc3ccccc3C2)cc1. The lowest BCUT2D eigenvalue weighted by atomic mass is 10.1. The summed E-state index contributed by atoms with van der Waals surface area (Å²) in [6.45, 7) is 3.38. The number of nitrogens with zero attached hydrogens (tertiary/aromatic N) is 1.